The van der Waals surface area contributed by atoms with Gasteiger partial charge in [0.2, 0.25) is 0 Å². The van der Waals surface area contributed by atoms with Crippen LogP contribution in [-0.4, -0.2) is 15.3 Å². The molecule has 2 atom stereocenters. The van der Waals surface area contributed by atoms with E-state index in [-0.39, 0.29) is 0 Å². The highest BCUT2D eigenvalue weighted by Gasteiger charge is 2.28. The molecule has 0 heterocycles. The van der Waals surface area contributed by atoms with E-state index in [2.05, 4.69) is 20.5 Å². The second-order valence-corrected chi connectivity index (χ2v) is 4.62. The molecule has 0 aromatic carbocycles. The lowest BCUT2D eigenvalue weighted by atomic mass is 10.8. The van der Waals surface area contributed by atoms with Gasteiger partial charge >= 0.3 is 7.82 Å². The van der Waals surface area contributed by atoms with E-state index in [0.717, 1.165) is 0 Å². The van der Waals surface area contributed by atoms with Crippen molar-refractivity contribution in [3.8, 4) is 0 Å². The molecule has 2 unspecified atom stereocenters. The van der Waals surface area contributed by atoms with Crippen LogP contribution in [0.3, 0.4) is 0 Å². The molecule has 0 rings (SSSR count). The van der Waals surface area contributed by atoms with Crippen molar-refractivity contribution in [3.05, 3.63) is 0 Å². The van der Waals surface area contributed by atoms with E-state index in [9.17, 15) is 4.57 Å². The van der Waals surface area contributed by atoms with Gasteiger partial charge < -0.3 is 4.89 Å². The van der Waals surface area contributed by atoms with Crippen molar-refractivity contribution in [2.45, 2.75) is 10.4 Å². The van der Waals surface area contributed by atoms with Crippen molar-refractivity contribution in [1.82, 2.24) is 0 Å². The van der Waals surface area contributed by atoms with Crippen LogP contribution in [-0.2, 0) is 13.2 Å². The van der Waals surface area contributed by atoms with Crippen LogP contribution in [0.2, 0.25) is 0 Å². The van der Waals surface area contributed by atoms with E-state index in [4.69, 9.17) is 39.7 Å². The molecule has 0 aliphatic carbocycles. The minimum absolute atomic E-state index is 1.15. The Hall–Kier alpha value is 1.27. The van der Waals surface area contributed by atoms with Crippen molar-refractivity contribution in [2.75, 3.05) is 0 Å². The lowest BCUT2D eigenvalue weighted by Gasteiger charge is -2.12. The van der Waals surface area contributed by atoms with E-state index >= 15 is 0 Å². The van der Waals surface area contributed by atoms with Crippen LogP contribution in [0.15, 0.2) is 0 Å². The van der Waals surface area contributed by atoms with E-state index in [0.29, 0.717) is 0 Å². The van der Waals surface area contributed by atoms with Gasteiger partial charge in [-0.25, -0.2) is 4.57 Å². The third-order valence-corrected chi connectivity index (χ3v) is 2.89. The fourth-order valence-corrected chi connectivity index (χ4v) is 1.24. The van der Waals surface area contributed by atoms with Gasteiger partial charge in [-0.3, -0.25) is 4.52 Å². The van der Waals surface area contributed by atoms with Crippen molar-refractivity contribution in [2.24, 2.45) is 0 Å². The van der Waals surface area contributed by atoms with Gasteiger partial charge in [-0.1, -0.05) is 11.6 Å². The molecule has 0 spiro atoms. The van der Waals surface area contributed by atoms with Crippen LogP contribution in [0.25, 0.3) is 0 Å². The molecule has 0 aromatic rings. The lowest BCUT2D eigenvalue weighted by molar-refractivity contribution is 0.195. The number of alkyl halides is 3. The number of phosphoric acid groups is 1. The number of rotatable bonds is 4. The maximum Gasteiger partial charge on any atom is 0.490 e. The summed E-state index contributed by atoms with van der Waals surface area (Å²) in [6, 6.07) is 0. The molecule has 4 nitrogen and oxygen atoms in total. The van der Waals surface area contributed by atoms with Gasteiger partial charge in [0, 0.05) is 0 Å². The first-order valence-electron chi connectivity index (χ1n) is 2.13. The summed E-state index contributed by atoms with van der Waals surface area (Å²) >= 11 is 20.1. The van der Waals surface area contributed by atoms with Crippen LogP contribution in [0, 0.1) is 0 Å². The third kappa shape index (κ3) is 5.50. The Morgan fingerprint density at radius 1 is 1.36 bits per heavy atom. The molecule has 0 amide bonds. The quantitative estimate of drug-likeness (QED) is 0.626. The Morgan fingerprint density at radius 2 is 1.82 bits per heavy atom. The summed E-state index contributed by atoms with van der Waals surface area (Å²) in [6.45, 7) is 0. The molecule has 0 aliphatic heterocycles. The number of halogens is 4. The second-order valence-electron chi connectivity index (χ2n) is 1.33. The van der Waals surface area contributed by atoms with Gasteiger partial charge in [0.1, 0.15) is 4.84 Å². The monoisotopic (exact) mass is 262 g/mol. The fourth-order valence-electron chi connectivity index (χ4n) is 0.190. The zero-order chi connectivity index (χ0) is 9.07. The van der Waals surface area contributed by atoms with Gasteiger partial charge in [-0.2, -0.15) is 4.08 Å². The molecule has 11 heavy (non-hydrogen) atoms. The Morgan fingerprint density at radius 3 is 2.09 bits per heavy atom. The molecule has 0 saturated carbocycles. The minimum atomic E-state index is -4.32. The fraction of sp³-hybridized carbons (Fsp3) is 1.00. The molecule has 0 bridgehead atoms. The second kappa shape index (κ2) is 5.10. The van der Waals surface area contributed by atoms with E-state index in [1.54, 1.807) is 0 Å². The SMILES string of the molecule is O=P(O)(OCl)OC(Cl)C(Cl)Cl. The molecule has 0 fully saturated rings. The molecule has 0 aliphatic rings. The predicted octanol–water partition coefficient (Wildman–Crippen LogP) is 2.64. The largest absolute Gasteiger partial charge is 0.490 e. The number of hydrogen-bond acceptors (Lipinski definition) is 3. The van der Waals surface area contributed by atoms with Crippen LogP contribution in [0.5, 0.6) is 0 Å². The van der Waals surface area contributed by atoms with E-state index in [1.165, 1.54) is 0 Å². The highest BCUT2D eigenvalue weighted by molar-refractivity contribution is 7.48. The van der Waals surface area contributed by atoms with Gasteiger partial charge in [-0.05, 0) is 0 Å². The average molecular weight is 264 g/mol. The minimum Gasteiger partial charge on any atom is -0.302 e. The molecular formula is C2H3Cl4O4P. The molecule has 0 radical (unpaired) electrons. The Balaban J connectivity index is 3.94. The zero-order valence-electron chi connectivity index (χ0n) is 4.79. The summed E-state index contributed by atoms with van der Waals surface area (Å²) in [7, 11) is -4.32. The maximum atomic E-state index is 10.5. The Bertz CT molecular complexity index is 162. The summed E-state index contributed by atoms with van der Waals surface area (Å²) in [5, 5.41) is 0. The van der Waals surface area contributed by atoms with Crippen LogP contribution in [0.1, 0.15) is 0 Å². The summed E-state index contributed by atoms with van der Waals surface area (Å²) in [6.07, 6.45) is 0. The molecule has 0 saturated heterocycles. The van der Waals surface area contributed by atoms with Crippen LogP contribution in [0.4, 0.5) is 0 Å². The van der Waals surface area contributed by atoms with Gasteiger partial charge in [-0.15, -0.1) is 23.2 Å². The van der Waals surface area contributed by atoms with Gasteiger partial charge in [0.15, 0.2) is 5.56 Å². The Kier molecular flexibility index (Phi) is 5.69. The molecular weight excluding hydrogens is 261 g/mol. The molecule has 9 heteroatoms. The zero-order valence-corrected chi connectivity index (χ0v) is 8.70. The van der Waals surface area contributed by atoms with Crippen molar-refractivity contribution >= 4 is 54.5 Å². The summed E-state index contributed by atoms with van der Waals surface area (Å²) in [5.74, 6) is 0. The molecule has 1 N–H and O–H groups in total. The van der Waals surface area contributed by atoms with Crippen LogP contribution < -0.4 is 0 Å². The standard InChI is InChI=1S/C2H3Cl4O4P/c3-1(4)2(5)9-11(7,8)10-6/h1-2H,(H,7,8). The maximum absolute atomic E-state index is 10.5. The topological polar surface area (TPSA) is 55.8 Å². The normalized spacial score (nSPS) is 19.8. The molecule has 0 aromatic heterocycles. The first-order chi connectivity index (χ1) is 4.89. The van der Waals surface area contributed by atoms with Crippen molar-refractivity contribution < 1.29 is 18.1 Å². The van der Waals surface area contributed by atoms with Gasteiger partial charge in [0.05, 0.1) is 11.9 Å². The summed E-state index contributed by atoms with van der Waals surface area (Å²) < 4.78 is 18.1. The third-order valence-electron chi connectivity index (χ3n) is 0.519. The van der Waals surface area contributed by atoms with Crippen molar-refractivity contribution in [3.63, 3.8) is 0 Å². The summed E-state index contributed by atoms with van der Waals surface area (Å²) in [5.41, 5.74) is -1.35. The van der Waals surface area contributed by atoms with Crippen LogP contribution >= 0.6 is 54.5 Å². The number of phosphoric ester groups is 1. The highest BCUT2D eigenvalue weighted by Crippen LogP contribution is 2.47. The summed E-state index contributed by atoms with van der Waals surface area (Å²) in [4.78, 5) is 7.37. The van der Waals surface area contributed by atoms with E-state index in [1.807, 2.05) is 0 Å². The first kappa shape index (κ1) is 12.3. The number of hydrogen-bond donors (Lipinski definition) is 1. The van der Waals surface area contributed by atoms with E-state index < -0.39 is 18.2 Å². The average Bonchev–Trinajstić information content (AvgIpc) is 1.87. The predicted molar refractivity (Wildman–Crippen MR) is 43.0 cm³/mol. The first-order valence-corrected chi connectivity index (χ1v) is 5.24. The smallest absolute Gasteiger partial charge is 0.302 e. The molecule has 68 valence electrons. The highest BCUT2D eigenvalue weighted by atomic mass is 35.5. The lowest BCUT2D eigenvalue weighted by Crippen LogP contribution is -2.11. The Labute approximate surface area is 83.1 Å². The van der Waals surface area contributed by atoms with Crippen molar-refractivity contribution in [1.29, 1.82) is 0 Å². The van der Waals surface area contributed by atoms with Gasteiger partial charge in [0.25, 0.3) is 0 Å².